The predicted octanol–water partition coefficient (Wildman–Crippen LogP) is 5.63. The van der Waals surface area contributed by atoms with Gasteiger partial charge < -0.3 is 9.47 Å². The Morgan fingerprint density at radius 3 is 2.50 bits per heavy atom. The Labute approximate surface area is 169 Å². The molecule has 0 amide bonds. The fraction of sp³-hybridized carbons (Fsp3) is 0.480. The van der Waals surface area contributed by atoms with Crippen LogP contribution in [-0.4, -0.2) is 34.1 Å². The fourth-order valence-corrected chi connectivity index (χ4v) is 4.33. The molecule has 2 aromatic carbocycles. The lowest BCUT2D eigenvalue weighted by Gasteiger charge is -2.15. The second-order valence-corrected chi connectivity index (χ2v) is 8.31. The summed E-state index contributed by atoms with van der Waals surface area (Å²) in [6.45, 7) is 9.21. The van der Waals surface area contributed by atoms with Gasteiger partial charge in [0.1, 0.15) is 5.82 Å². The van der Waals surface area contributed by atoms with E-state index >= 15 is 0 Å². The first kappa shape index (κ1) is 19.2. The molecule has 1 unspecified atom stereocenters. The van der Waals surface area contributed by atoms with Gasteiger partial charge in [-0.05, 0) is 74.5 Å². The summed E-state index contributed by atoms with van der Waals surface area (Å²) in [5, 5.41) is 0. The van der Waals surface area contributed by atoms with Crippen LogP contribution in [0, 0.1) is 0 Å². The summed E-state index contributed by atoms with van der Waals surface area (Å²) >= 11 is 0. The van der Waals surface area contributed by atoms with Crippen LogP contribution in [0.3, 0.4) is 0 Å². The molecule has 3 heteroatoms. The van der Waals surface area contributed by atoms with E-state index in [0.717, 1.165) is 18.5 Å². The van der Waals surface area contributed by atoms with Gasteiger partial charge in [-0.15, -0.1) is 0 Å². The standard InChI is InChI=1S/C25H33N3/c1-3-20(2)22-14-12-21(13-15-22)19-28-24-10-5-4-9-23(24)26-25(28)11-8-18-27-16-6-7-17-27/h4-5,9-10,12-15,20H,3,6-8,11,16-19H2,1-2H3. The zero-order valence-electron chi connectivity index (χ0n) is 17.4. The Kier molecular flexibility index (Phi) is 6.11. The zero-order chi connectivity index (χ0) is 19.3. The third kappa shape index (κ3) is 4.30. The number of hydrogen-bond acceptors (Lipinski definition) is 2. The van der Waals surface area contributed by atoms with Crippen LogP contribution in [0.15, 0.2) is 48.5 Å². The Morgan fingerprint density at radius 1 is 1.00 bits per heavy atom. The van der Waals surface area contributed by atoms with Crippen molar-refractivity contribution in [1.82, 2.24) is 14.5 Å². The molecular weight excluding hydrogens is 342 g/mol. The molecule has 0 aliphatic carbocycles. The largest absolute Gasteiger partial charge is 0.323 e. The monoisotopic (exact) mass is 375 g/mol. The summed E-state index contributed by atoms with van der Waals surface area (Å²) in [5.74, 6) is 1.86. The smallest absolute Gasteiger partial charge is 0.110 e. The first-order valence-electron chi connectivity index (χ1n) is 11.0. The molecule has 3 nitrogen and oxygen atoms in total. The van der Waals surface area contributed by atoms with E-state index in [2.05, 4.69) is 71.8 Å². The number of likely N-dealkylation sites (tertiary alicyclic amines) is 1. The number of aryl methyl sites for hydroxylation is 1. The normalized spacial score (nSPS) is 16.1. The van der Waals surface area contributed by atoms with E-state index in [9.17, 15) is 0 Å². The van der Waals surface area contributed by atoms with Crippen LogP contribution in [0.2, 0.25) is 0 Å². The van der Waals surface area contributed by atoms with Crippen molar-refractivity contribution >= 4 is 11.0 Å². The Balaban J connectivity index is 1.52. The van der Waals surface area contributed by atoms with Gasteiger partial charge in [0.2, 0.25) is 0 Å². The number of fused-ring (bicyclic) bond motifs is 1. The van der Waals surface area contributed by atoms with Crippen LogP contribution < -0.4 is 0 Å². The van der Waals surface area contributed by atoms with Crippen molar-refractivity contribution in [1.29, 1.82) is 0 Å². The average molecular weight is 376 g/mol. The lowest BCUT2D eigenvalue weighted by atomic mass is 9.97. The van der Waals surface area contributed by atoms with Crippen LogP contribution in [0.1, 0.15) is 62.4 Å². The second-order valence-electron chi connectivity index (χ2n) is 8.31. The highest BCUT2D eigenvalue weighted by Crippen LogP contribution is 2.22. The summed E-state index contributed by atoms with van der Waals surface area (Å²) in [7, 11) is 0. The van der Waals surface area contributed by atoms with Crippen molar-refractivity contribution in [3.05, 3.63) is 65.5 Å². The first-order chi connectivity index (χ1) is 13.7. The number of hydrogen-bond donors (Lipinski definition) is 0. The molecule has 1 aromatic heterocycles. The minimum absolute atomic E-state index is 0.629. The lowest BCUT2D eigenvalue weighted by Crippen LogP contribution is -2.21. The molecule has 3 aromatic rings. The van der Waals surface area contributed by atoms with Gasteiger partial charge >= 0.3 is 0 Å². The average Bonchev–Trinajstić information content (AvgIpc) is 3.37. The highest BCUT2D eigenvalue weighted by atomic mass is 15.1. The maximum atomic E-state index is 4.98. The van der Waals surface area contributed by atoms with Gasteiger partial charge in [-0.25, -0.2) is 4.98 Å². The second kappa shape index (κ2) is 8.91. The summed E-state index contributed by atoms with van der Waals surface area (Å²) in [6, 6.07) is 17.8. The van der Waals surface area contributed by atoms with Crippen molar-refractivity contribution < 1.29 is 0 Å². The fourth-order valence-electron chi connectivity index (χ4n) is 4.33. The minimum Gasteiger partial charge on any atom is -0.323 e. The molecule has 1 aliphatic heterocycles. The molecule has 0 radical (unpaired) electrons. The van der Waals surface area contributed by atoms with Crippen molar-refractivity contribution in [2.75, 3.05) is 19.6 Å². The molecule has 0 saturated carbocycles. The SMILES string of the molecule is CCC(C)c1ccc(Cn2c(CCCN3CCCC3)nc3ccccc32)cc1. The summed E-state index contributed by atoms with van der Waals surface area (Å²) < 4.78 is 2.43. The molecule has 4 rings (SSSR count). The zero-order valence-corrected chi connectivity index (χ0v) is 17.4. The van der Waals surface area contributed by atoms with Gasteiger partial charge in [0, 0.05) is 13.0 Å². The van der Waals surface area contributed by atoms with Crippen LogP contribution in [0.25, 0.3) is 11.0 Å². The number of rotatable bonds is 8. The molecule has 1 saturated heterocycles. The van der Waals surface area contributed by atoms with Crippen molar-refractivity contribution in [2.24, 2.45) is 0 Å². The molecule has 28 heavy (non-hydrogen) atoms. The van der Waals surface area contributed by atoms with E-state index in [0.29, 0.717) is 5.92 Å². The van der Waals surface area contributed by atoms with E-state index in [4.69, 9.17) is 4.98 Å². The van der Waals surface area contributed by atoms with Gasteiger partial charge in [-0.1, -0.05) is 50.2 Å². The number of nitrogens with zero attached hydrogens (tertiary/aromatic N) is 3. The first-order valence-corrected chi connectivity index (χ1v) is 11.0. The number of imidazole rings is 1. The lowest BCUT2D eigenvalue weighted by molar-refractivity contribution is 0.332. The summed E-state index contributed by atoms with van der Waals surface area (Å²) in [4.78, 5) is 7.57. The molecule has 1 atom stereocenters. The third-order valence-corrected chi connectivity index (χ3v) is 6.31. The Morgan fingerprint density at radius 2 is 1.75 bits per heavy atom. The van der Waals surface area contributed by atoms with Gasteiger partial charge in [-0.2, -0.15) is 0 Å². The molecule has 0 N–H and O–H groups in total. The van der Waals surface area contributed by atoms with Crippen molar-refractivity contribution in [2.45, 2.75) is 58.4 Å². The predicted molar refractivity (Wildman–Crippen MR) is 118 cm³/mol. The van der Waals surface area contributed by atoms with Crippen molar-refractivity contribution in [3.8, 4) is 0 Å². The van der Waals surface area contributed by atoms with Crippen LogP contribution in [0.4, 0.5) is 0 Å². The summed E-state index contributed by atoms with van der Waals surface area (Å²) in [5.41, 5.74) is 5.17. The van der Waals surface area contributed by atoms with Gasteiger partial charge in [-0.3, -0.25) is 0 Å². The molecular formula is C25H33N3. The van der Waals surface area contributed by atoms with E-state index < -0.39 is 0 Å². The van der Waals surface area contributed by atoms with Gasteiger partial charge in [0.05, 0.1) is 11.0 Å². The maximum absolute atomic E-state index is 4.98. The van der Waals surface area contributed by atoms with Crippen LogP contribution in [-0.2, 0) is 13.0 Å². The topological polar surface area (TPSA) is 21.1 Å². The summed E-state index contributed by atoms with van der Waals surface area (Å²) in [6.07, 6.45) is 6.16. The van der Waals surface area contributed by atoms with Crippen molar-refractivity contribution in [3.63, 3.8) is 0 Å². The number of benzene rings is 2. The van der Waals surface area contributed by atoms with Crippen LogP contribution >= 0.6 is 0 Å². The molecule has 0 bridgehead atoms. The maximum Gasteiger partial charge on any atom is 0.110 e. The number of aromatic nitrogens is 2. The highest BCUT2D eigenvalue weighted by Gasteiger charge is 2.14. The van der Waals surface area contributed by atoms with E-state index in [-0.39, 0.29) is 0 Å². The molecule has 148 valence electrons. The van der Waals surface area contributed by atoms with E-state index in [1.807, 2.05) is 0 Å². The molecule has 1 aliphatic rings. The minimum atomic E-state index is 0.629. The van der Waals surface area contributed by atoms with Gasteiger partial charge in [0.25, 0.3) is 0 Å². The van der Waals surface area contributed by atoms with Crippen LogP contribution in [0.5, 0.6) is 0 Å². The highest BCUT2D eigenvalue weighted by molar-refractivity contribution is 5.76. The quantitative estimate of drug-likeness (QED) is 0.509. The molecule has 0 spiro atoms. The molecule has 2 heterocycles. The third-order valence-electron chi connectivity index (χ3n) is 6.31. The van der Waals surface area contributed by atoms with E-state index in [1.54, 1.807) is 0 Å². The number of para-hydroxylation sites is 2. The molecule has 1 fully saturated rings. The Hall–Kier alpha value is -2.13. The van der Waals surface area contributed by atoms with E-state index in [1.165, 1.54) is 67.8 Å². The van der Waals surface area contributed by atoms with Gasteiger partial charge in [0.15, 0.2) is 0 Å². The Bertz CT molecular complexity index is 888.